The fourth-order valence-corrected chi connectivity index (χ4v) is 1.17. The van der Waals surface area contributed by atoms with Crippen molar-refractivity contribution in [2.75, 3.05) is 13.2 Å². The Balaban J connectivity index is 0.00000144. The van der Waals surface area contributed by atoms with Crippen LogP contribution >= 0.6 is 24.0 Å². The highest BCUT2D eigenvalue weighted by atomic mass is 35.5. The van der Waals surface area contributed by atoms with Crippen molar-refractivity contribution in [3.63, 3.8) is 0 Å². The third-order valence-corrected chi connectivity index (χ3v) is 1.74. The van der Waals surface area contributed by atoms with Gasteiger partial charge in [-0.1, -0.05) is 23.7 Å². The van der Waals surface area contributed by atoms with Crippen molar-refractivity contribution in [3.05, 3.63) is 34.9 Å². The molecule has 0 amide bonds. The molecule has 0 saturated carbocycles. The quantitative estimate of drug-likeness (QED) is 0.762. The highest BCUT2D eigenvalue weighted by molar-refractivity contribution is 6.30. The van der Waals surface area contributed by atoms with Gasteiger partial charge in [-0.2, -0.15) is 0 Å². The third kappa shape index (κ3) is 5.11. The molecule has 1 aromatic rings. The molecule has 0 aromatic heterocycles. The predicted octanol–water partition coefficient (Wildman–Crippen LogP) is 1.84. The average molecular weight is 222 g/mol. The first-order chi connectivity index (χ1) is 5.83. The molecule has 0 fully saturated rings. The summed E-state index contributed by atoms with van der Waals surface area (Å²) < 4.78 is 0. The summed E-state index contributed by atoms with van der Waals surface area (Å²) in [6.07, 6.45) is 0. The Morgan fingerprint density at radius 1 is 1.38 bits per heavy atom. The molecule has 0 heterocycles. The lowest BCUT2D eigenvalue weighted by Crippen LogP contribution is -2.17. The van der Waals surface area contributed by atoms with Gasteiger partial charge in [-0.15, -0.1) is 12.4 Å². The van der Waals surface area contributed by atoms with Gasteiger partial charge >= 0.3 is 0 Å². The van der Waals surface area contributed by atoms with E-state index in [-0.39, 0.29) is 19.0 Å². The largest absolute Gasteiger partial charge is 0.395 e. The highest BCUT2D eigenvalue weighted by Crippen LogP contribution is 2.09. The number of hydrogen-bond donors (Lipinski definition) is 2. The van der Waals surface area contributed by atoms with Gasteiger partial charge in [0.25, 0.3) is 0 Å². The second-order valence-corrected chi connectivity index (χ2v) is 2.97. The van der Waals surface area contributed by atoms with Crippen molar-refractivity contribution >= 4 is 24.0 Å². The summed E-state index contributed by atoms with van der Waals surface area (Å²) in [6, 6.07) is 7.66. The summed E-state index contributed by atoms with van der Waals surface area (Å²) in [7, 11) is 0. The van der Waals surface area contributed by atoms with Crippen LogP contribution in [-0.4, -0.2) is 18.3 Å². The van der Waals surface area contributed by atoms with Crippen molar-refractivity contribution < 1.29 is 5.11 Å². The Morgan fingerprint density at radius 2 is 2.15 bits per heavy atom. The van der Waals surface area contributed by atoms with Crippen LogP contribution in [0.4, 0.5) is 0 Å². The summed E-state index contributed by atoms with van der Waals surface area (Å²) in [4.78, 5) is 0. The van der Waals surface area contributed by atoms with Gasteiger partial charge in [-0.3, -0.25) is 0 Å². The van der Waals surface area contributed by atoms with Gasteiger partial charge in [0.1, 0.15) is 0 Å². The van der Waals surface area contributed by atoms with Crippen LogP contribution in [-0.2, 0) is 6.54 Å². The summed E-state index contributed by atoms with van der Waals surface area (Å²) in [5, 5.41) is 12.3. The summed E-state index contributed by atoms with van der Waals surface area (Å²) in [5.41, 5.74) is 1.14. The molecular weight excluding hydrogens is 209 g/mol. The average Bonchev–Trinajstić information content (AvgIpc) is 2.05. The van der Waals surface area contributed by atoms with E-state index in [1.165, 1.54) is 0 Å². The van der Waals surface area contributed by atoms with Crippen LogP contribution in [0.3, 0.4) is 0 Å². The minimum Gasteiger partial charge on any atom is -0.395 e. The van der Waals surface area contributed by atoms with E-state index in [1.54, 1.807) is 0 Å². The van der Waals surface area contributed by atoms with E-state index in [0.29, 0.717) is 6.54 Å². The van der Waals surface area contributed by atoms with Crippen LogP contribution < -0.4 is 5.32 Å². The second-order valence-electron chi connectivity index (χ2n) is 2.53. The first-order valence-electron chi connectivity index (χ1n) is 3.89. The van der Waals surface area contributed by atoms with E-state index < -0.39 is 0 Å². The molecular formula is C9H13Cl2NO. The first kappa shape index (κ1) is 12.7. The Bertz CT molecular complexity index is 243. The van der Waals surface area contributed by atoms with Gasteiger partial charge in [0, 0.05) is 18.1 Å². The van der Waals surface area contributed by atoms with Gasteiger partial charge in [-0.05, 0) is 17.7 Å². The molecule has 0 aliphatic carbocycles. The maximum absolute atomic E-state index is 8.51. The molecule has 2 N–H and O–H groups in total. The Labute approximate surface area is 89.3 Å². The molecule has 2 nitrogen and oxygen atoms in total. The molecule has 0 atom stereocenters. The zero-order chi connectivity index (χ0) is 8.81. The van der Waals surface area contributed by atoms with Crippen molar-refractivity contribution in [1.82, 2.24) is 5.32 Å². The summed E-state index contributed by atoms with van der Waals surface area (Å²) >= 11 is 5.78. The van der Waals surface area contributed by atoms with Crippen LogP contribution in [0.1, 0.15) is 5.56 Å². The maximum Gasteiger partial charge on any atom is 0.0556 e. The molecule has 0 spiro atoms. The number of halogens is 2. The monoisotopic (exact) mass is 221 g/mol. The zero-order valence-electron chi connectivity index (χ0n) is 7.16. The first-order valence-corrected chi connectivity index (χ1v) is 4.27. The van der Waals surface area contributed by atoms with E-state index in [4.69, 9.17) is 16.7 Å². The predicted molar refractivity (Wildman–Crippen MR) is 57.5 cm³/mol. The number of nitrogens with one attached hydrogen (secondary N) is 1. The fourth-order valence-electron chi connectivity index (χ4n) is 0.959. The van der Waals surface area contributed by atoms with E-state index in [2.05, 4.69) is 5.32 Å². The van der Waals surface area contributed by atoms with Gasteiger partial charge in [0.2, 0.25) is 0 Å². The lowest BCUT2D eigenvalue weighted by Gasteiger charge is -2.02. The normalized spacial score (nSPS) is 9.38. The van der Waals surface area contributed by atoms with Crippen molar-refractivity contribution in [3.8, 4) is 0 Å². The standard InChI is InChI=1S/C9H12ClNO.ClH/c10-9-3-1-2-8(6-9)7-11-4-5-12;/h1-3,6,11-12H,4-5,7H2;1H. The molecule has 13 heavy (non-hydrogen) atoms. The van der Waals surface area contributed by atoms with Crippen molar-refractivity contribution in [2.45, 2.75) is 6.54 Å². The number of hydrogen-bond acceptors (Lipinski definition) is 2. The van der Waals surface area contributed by atoms with Crippen LogP contribution in [0.2, 0.25) is 5.02 Å². The SMILES string of the molecule is Cl.OCCNCc1cccc(Cl)c1. The topological polar surface area (TPSA) is 32.3 Å². The Kier molecular flexibility index (Phi) is 7.00. The molecule has 0 saturated heterocycles. The van der Waals surface area contributed by atoms with Crippen LogP contribution in [0.15, 0.2) is 24.3 Å². The molecule has 0 aliphatic heterocycles. The smallest absolute Gasteiger partial charge is 0.0556 e. The number of aliphatic hydroxyl groups is 1. The van der Waals surface area contributed by atoms with Crippen molar-refractivity contribution in [2.24, 2.45) is 0 Å². The molecule has 0 radical (unpaired) electrons. The molecule has 0 bridgehead atoms. The van der Waals surface area contributed by atoms with E-state index in [1.807, 2.05) is 24.3 Å². The maximum atomic E-state index is 8.51. The second kappa shape index (κ2) is 7.15. The lowest BCUT2D eigenvalue weighted by molar-refractivity contribution is 0.292. The molecule has 1 aromatic carbocycles. The minimum absolute atomic E-state index is 0. The molecule has 4 heteroatoms. The summed E-state index contributed by atoms with van der Waals surface area (Å²) in [5.74, 6) is 0. The fraction of sp³-hybridized carbons (Fsp3) is 0.333. The highest BCUT2D eigenvalue weighted by Gasteiger charge is 1.92. The summed E-state index contributed by atoms with van der Waals surface area (Å²) in [6.45, 7) is 1.54. The van der Waals surface area contributed by atoms with Gasteiger partial charge in [0.15, 0.2) is 0 Å². The van der Waals surface area contributed by atoms with Gasteiger partial charge < -0.3 is 10.4 Å². The zero-order valence-corrected chi connectivity index (χ0v) is 8.74. The minimum atomic E-state index is 0. The van der Waals surface area contributed by atoms with Crippen LogP contribution in [0.5, 0.6) is 0 Å². The van der Waals surface area contributed by atoms with Crippen LogP contribution in [0.25, 0.3) is 0 Å². The number of aliphatic hydroxyl groups excluding tert-OH is 1. The van der Waals surface area contributed by atoms with Gasteiger partial charge in [0.05, 0.1) is 6.61 Å². The van der Waals surface area contributed by atoms with Gasteiger partial charge in [-0.25, -0.2) is 0 Å². The lowest BCUT2D eigenvalue weighted by atomic mass is 10.2. The molecule has 0 aliphatic rings. The van der Waals surface area contributed by atoms with E-state index >= 15 is 0 Å². The van der Waals surface area contributed by atoms with Crippen LogP contribution in [0, 0.1) is 0 Å². The number of benzene rings is 1. The third-order valence-electron chi connectivity index (χ3n) is 1.51. The van der Waals surface area contributed by atoms with Crippen molar-refractivity contribution in [1.29, 1.82) is 0 Å². The molecule has 1 rings (SSSR count). The van der Waals surface area contributed by atoms with E-state index in [0.717, 1.165) is 17.1 Å². The molecule has 0 unspecified atom stereocenters. The Morgan fingerprint density at radius 3 is 2.77 bits per heavy atom. The van der Waals surface area contributed by atoms with E-state index in [9.17, 15) is 0 Å². The number of rotatable bonds is 4. The molecule has 74 valence electrons. The Hall–Kier alpha value is -0.280.